The summed E-state index contributed by atoms with van der Waals surface area (Å²) >= 11 is -2.64. The van der Waals surface area contributed by atoms with E-state index in [0.717, 1.165) is 3.57 Å². The molecule has 0 aliphatic carbocycles. The van der Waals surface area contributed by atoms with Gasteiger partial charge in [-0.2, -0.15) is 0 Å². The largest absolute Gasteiger partial charge is 0.261 e. The van der Waals surface area contributed by atoms with Crippen molar-refractivity contribution in [2.45, 2.75) is 13.8 Å². The van der Waals surface area contributed by atoms with Crippen LogP contribution in [-0.2, 0) is 15.7 Å². The Balaban J connectivity index is 0.000000272. The molecule has 2 aromatic carbocycles. The van der Waals surface area contributed by atoms with Crippen molar-refractivity contribution in [3.63, 3.8) is 0 Å². The second-order valence-electron chi connectivity index (χ2n) is 4.20. The van der Waals surface area contributed by atoms with E-state index in [1.54, 1.807) is 12.1 Å². The minimum Gasteiger partial charge on any atom is -0.261 e. The Labute approximate surface area is 160 Å². The third kappa shape index (κ3) is 9.06. The molecule has 5 nitrogen and oxygen atoms in total. The average Bonchev–Trinajstić information content (AvgIpc) is 2.56. The summed E-state index contributed by atoms with van der Waals surface area (Å²) in [5.74, 6) is -0.851. The fourth-order valence-corrected chi connectivity index (χ4v) is 5.41. The number of halogens is 2. The summed E-state index contributed by atoms with van der Waals surface area (Å²) in [7, 11) is 1.88. The molecule has 0 amide bonds. The van der Waals surface area contributed by atoms with E-state index in [2.05, 4.69) is 27.4 Å². The third-order valence-corrected chi connectivity index (χ3v) is 7.72. The third-order valence-electron chi connectivity index (χ3n) is 2.18. The van der Waals surface area contributed by atoms with E-state index in [1.807, 2.05) is 31.3 Å². The minimum atomic E-state index is -2.59. The van der Waals surface area contributed by atoms with Crippen molar-refractivity contribution in [2.24, 2.45) is 3.15 Å². The molecule has 0 aliphatic rings. The Morgan fingerprint density at radius 1 is 0.875 bits per heavy atom. The molecule has 0 saturated carbocycles. The van der Waals surface area contributed by atoms with Crippen LogP contribution in [0.2, 0.25) is 0 Å². The number of benzene rings is 2. The van der Waals surface area contributed by atoms with Crippen LogP contribution in [0.5, 0.6) is 0 Å². The van der Waals surface area contributed by atoms with Crippen LogP contribution in [0.1, 0.15) is 13.8 Å². The van der Waals surface area contributed by atoms with Crippen LogP contribution in [-0.4, -0.2) is 19.0 Å². The number of hydrogen-bond donors (Lipinski definition) is 0. The van der Waals surface area contributed by atoms with Crippen LogP contribution < -0.4 is 0 Å². The summed E-state index contributed by atoms with van der Waals surface area (Å²) in [4.78, 5) is 21.7. The van der Waals surface area contributed by atoms with Gasteiger partial charge in [-0.25, -0.2) is 0 Å². The first-order valence-electron chi connectivity index (χ1n) is 6.94. The van der Waals surface area contributed by atoms with Gasteiger partial charge in [-0.05, 0) is 12.1 Å². The zero-order chi connectivity index (χ0) is 17.8. The standard InChI is InChI=1S/C10H11IO4.C7H8IN/c1-8(12)14-11(15-9(2)13)10-6-4-3-5-7-10;1-9-8-7-5-3-2-4-6-7/h3-7H,1-2H3;2-6H,1H3. The van der Waals surface area contributed by atoms with Gasteiger partial charge in [0.05, 0.1) is 0 Å². The molecule has 0 radical (unpaired) electrons. The van der Waals surface area contributed by atoms with Gasteiger partial charge in [0.25, 0.3) is 0 Å². The Bertz CT molecular complexity index is 647. The molecule has 0 saturated heterocycles. The van der Waals surface area contributed by atoms with Crippen molar-refractivity contribution in [1.29, 1.82) is 0 Å². The van der Waals surface area contributed by atoms with Crippen LogP contribution in [0, 0.1) is 7.14 Å². The number of hydrogen-bond acceptors (Lipinski definition) is 5. The molecule has 0 N–H and O–H groups in total. The predicted molar refractivity (Wildman–Crippen MR) is 110 cm³/mol. The smallest absolute Gasteiger partial charge is 0.0336 e. The second-order valence-corrected chi connectivity index (χ2v) is 10.3. The van der Waals surface area contributed by atoms with E-state index >= 15 is 0 Å². The molecule has 0 bridgehead atoms. The predicted octanol–water partition coefficient (Wildman–Crippen LogP) is 4.96. The number of carbonyl (C=O) groups excluding carboxylic acids is 2. The first-order valence-corrected chi connectivity index (χ1v) is 11.8. The summed E-state index contributed by atoms with van der Waals surface area (Å²) in [6.07, 6.45) is 0. The molecule has 0 atom stereocenters. The molecular weight excluding hydrogens is 536 g/mol. The summed E-state index contributed by atoms with van der Waals surface area (Å²) in [5, 5.41) is 0. The van der Waals surface area contributed by atoms with E-state index in [-0.39, 0.29) is 21.0 Å². The number of nitrogens with zero attached hydrogens (tertiary/aromatic N) is 1. The molecule has 0 unspecified atom stereocenters. The molecule has 0 fully saturated rings. The van der Waals surface area contributed by atoms with Crippen LogP contribution in [0.3, 0.4) is 0 Å². The molecule has 0 spiro atoms. The maximum atomic E-state index is 10.8. The number of rotatable bonds is 4. The van der Waals surface area contributed by atoms with Crippen LogP contribution >= 0.6 is 41.7 Å². The monoisotopic (exact) mass is 555 g/mol. The van der Waals surface area contributed by atoms with Gasteiger partial charge in [-0.15, -0.1) is 0 Å². The zero-order valence-electron chi connectivity index (χ0n) is 13.6. The normalized spacial score (nSPS) is 10.7. The fourth-order valence-electron chi connectivity index (χ4n) is 1.39. The molecule has 24 heavy (non-hydrogen) atoms. The van der Waals surface area contributed by atoms with Gasteiger partial charge >= 0.3 is 96.1 Å². The Morgan fingerprint density at radius 3 is 1.75 bits per heavy atom. The molecule has 0 aromatic heterocycles. The summed E-state index contributed by atoms with van der Waals surface area (Å²) in [5.41, 5.74) is 0. The van der Waals surface area contributed by atoms with Crippen LogP contribution in [0.25, 0.3) is 0 Å². The maximum Gasteiger partial charge on any atom is 0.0336 e. The Kier molecular flexibility index (Phi) is 10.4. The van der Waals surface area contributed by atoms with Crippen molar-refractivity contribution in [3.05, 3.63) is 67.8 Å². The van der Waals surface area contributed by atoms with Crippen molar-refractivity contribution in [1.82, 2.24) is 0 Å². The minimum absolute atomic E-state index is 0.0451. The van der Waals surface area contributed by atoms with Crippen LogP contribution in [0.15, 0.2) is 63.8 Å². The summed E-state index contributed by atoms with van der Waals surface area (Å²) < 4.78 is 16.3. The van der Waals surface area contributed by atoms with Crippen molar-refractivity contribution < 1.29 is 15.7 Å². The van der Waals surface area contributed by atoms with Gasteiger partial charge in [-0.1, -0.05) is 18.2 Å². The van der Waals surface area contributed by atoms with E-state index in [0.29, 0.717) is 0 Å². The molecule has 2 rings (SSSR count). The van der Waals surface area contributed by atoms with E-state index in [4.69, 9.17) is 6.13 Å². The van der Waals surface area contributed by atoms with Crippen molar-refractivity contribution in [2.75, 3.05) is 7.05 Å². The first-order chi connectivity index (χ1) is 11.5. The fraction of sp³-hybridized carbons (Fsp3) is 0.176. The van der Waals surface area contributed by atoms with Crippen molar-refractivity contribution >= 4 is 53.6 Å². The molecular formula is C17H19I2NO4. The van der Waals surface area contributed by atoms with Gasteiger partial charge in [0.2, 0.25) is 0 Å². The van der Waals surface area contributed by atoms with Gasteiger partial charge in [0.1, 0.15) is 0 Å². The van der Waals surface area contributed by atoms with E-state index < -0.39 is 32.6 Å². The summed E-state index contributed by atoms with van der Waals surface area (Å²) in [6, 6.07) is 19.4. The Hall–Kier alpha value is -1.36. The second kappa shape index (κ2) is 12.1. The zero-order valence-corrected chi connectivity index (χ0v) is 17.9. The molecule has 0 aliphatic heterocycles. The van der Waals surface area contributed by atoms with Crippen molar-refractivity contribution in [3.8, 4) is 0 Å². The maximum absolute atomic E-state index is 10.8. The summed E-state index contributed by atoms with van der Waals surface area (Å²) in [6.45, 7) is 2.60. The van der Waals surface area contributed by atoms with Gasteiger partial charge in [0.15, 0.2) is 0 Å². The molecule has 7 heteroatoms. The number of carbonyl (C=O) groups is 2. The van der Waals surface area contributed by atoms with Gasteiger partial charge in [0, 0.05) is 31.7 Å². The molecule has 0 heterocycles. The van der Waals surface area contributed by atoms with Gasteiger partial charge in [-0.3, -0.25) is 3.15 Å². The first kappa shape index (κ1) is 20.7. The van der Waals surface area contributed by atoms with E-state index in [1.165, 1.54) is 17.4 Å². The topological polar surface area (TPSA) is 65.0 Å². The SMILES string of the molecule is CC(=O)OI(OC(C)=O)c1ccccc1.CN=Ic1ccccc1. The Morgan fingerprint density at radius 2 is 1.33 bits per heavy atom. The average molecular weight is 555 g/mol. The van der Waals surface area contributed by atoms with Crippen LogP contribution in [0.4, 0.5) is 0 Å². The van der Waals surface area contributed by atoms with Gasteiger partial charge < -0.3 is 0 Å². The molecule has 2 aromatic rings. The molecule has 130 valence electrons. The quantitative estimate of drug-likeness (QED) is 0.501. The van der Waals surface area contributed by atoms with E-state index in [9.17, 15) is 9.59 Å².